The lowest BCUT2D eigenvalue weighted by Crippen LogP contribution is -2.26. The largest absolute Gasteiger partial charge is 0.208 e. The van der Waals surface area contributed by atoms with E-state index < -0.39 is 5.41 Å². The van der Waals surface area contributed by atoms with E-state index in [-0.39, 0.29) is 0 Å². The highest BCUT2D eigenvalue weighted by Crippen LogP contribution is 2.64. The van der Waals surface area contributed by atoms with Crippen LogP contribution in [0.3, 0.4) is 0 Å². The van der Waals surface area contributed by atoms with Crippen molar-refractivity contribution < 1.29 is 0 Å². The molecule has 0 saturated carbocycles. The summed E-state index contributed by atoms with van der Waals surface area (Å²) in [6.45, 7) is 0. The van der Waals surface area contributed by atoms with Gasteiger partial charge in [0, 0.05) is 36.9 Å². The molecule has 0 unspecified atom stereocenters. The van der Waals surface area contributed by atoms with Crippen LogP contribution in [-0.2, 0) is 5.41 Å². The highest BCUT2D eigenvalue weighted by Gasteiger charge is 2.52. The maximum atomic E-state index is 5.24. The second-order valence-electron chi connectivity index (χ2n) is 16.2. The predicted molar refractivity (Wildman–Crippen MR) is 256 cm³/mol. The van der Waals surface area contributed by atoms with Crippen molar-refractivity contribution in [3.05, 3.63) is 235 Å². The van der Waals surface area contributed by atoms with Crippen LogP contribution in [-0.4, -0.2) is 15.0 Å². The number of hydrogen-bond donors (Lipinski definition) is 0. The van der Waals surface area contributed by atoms with Crippen LogP contribution in [0.2, 0.25) is 0 Å². The number of fused-ring (bicyclic) bond motifs is 13. The van der Waals surface area contributed by atoms with E-state index in [1.165, 1.54) is 75.8 Å². The lowest BCUT2D eigenvalue weighted by molar-refractivity contribution is 0.796. The first-order valence-corrected chi connectivity index (χ1v) is 21.9. The van der Waals surface area contributed by atoms with Gasteiger partial charge in [0.2, 0.25) is 0 Å². The molecule has 3 nitrogen and oxygen atoms in total. The number of hydrogen-bond acceptors (Lipinski definition) is 4. The summed E-state index contributed by atoms with van der Waals surface area (Å²) in [5.74, 6) is 1.96. The normalized spacial score (nSPS) is 13.0. The number of aromatic nitrogens is 3. The molecular weight excluding hydrogens is 771 g/mol. The first kappa shape index (κ1) is 35.0. The number of rotatable bonds is 5. The molecule has 288 valence electrons. The van der Waals surface area contributed by atoms with E-state index in [2.05, 4.69) is 194 Å². The van der Waals surface area contributed by atoms with Gasteiger partial charge >= 0.3 is 0 Å². The summed E-state index contributed by atoms with van der Waals surface area (Å²) in [5, 5.41) is 2.47. The Balaban J connectivity index is 0.963. The van der Waals surface area contributed by atoms with Crippen LogP contribution in [0.4, 0.5) is 0 Å². The third kappa shape index (κ3) is 5.08. The van der Waals surface area contributed by atoms with Crippen molar-refractivity contribution in [2.45, 2.75) is 5.41 Å². The Morgan fingerprint density at radius 3 is 1.48 bits per heavy atom. The average molecular weight is 806 g/mol. The quantitative estimate of drug-likeness (QED) is 0.174. The smallest absolute Gasteiger partial charge is 0.165 e. The topological polar surface area (TPSA) is 38.7 Å². The van der Waals surface area contributed by atoms with Crippen molar-refractivity contribution in [2.24, 2.45) is 0 Å². The minimum absolute atomic E-state index is 0.432. The molecule has 2 aromatic heterocycles. The second kappa shape index (κ2) is 13.6. The average Bonchev–Trinajstić information content (AvgIpc) is 3.99. The standard InChI is InChI=1S/C58H35N3S/c1-2-16-36(17-3-1)55-59-56(61-57(60-55)48-29-15-28-47-45-25-7-11-33-52(45)62-54(47)48)40-21-13-19-38(35-40)37-18-12-20-39(34-37)41-26-14-27-46-44-24-6-10-32-51(44)58(53(41)46)49-30-8-4-22-42(49)43-23-5-9-31-50(43)58/h1-35H. The zero-order valence-corrected chi connectivity index (χ0v) is 34.3. The molecule has 0 fully saturated rings. The summed E-state index contributed by atoms with van der Waals surface area (Å²) in [6.07, 6.45) is 0. The van der Waals surface area contributed by atoms with Gasteiger partial charge < -0.3 is 0 Å². The van der Waals surface area contributed by atoms with Crippen LogP contribution in [0, 0.1) is 0 Å². The minimum atomic E-state index is -0.432. The second-order valence-corrected chi connectivity index (χ2v) is 17.3. The molecule has 62 heavy (non-hydrogen) atoms. The van der Waals surface area contributed by atoms with Crippen LogP contribution >= 0.6 is 11.3 Å². The Kier molecular flexibility index (Phi) is 7.69. The zero-order chi connectivity index (χ0) is 40.8. The zero-order valence-electron chi connectivity index (χ0n) is 33.5. The molecule has 0 N–H and O–H groups in total. The van der Waals surface area contributed by atoms with Crippen LogP contribution in [0.1, 0.15) is 22.3 Å². The van der Waals surface area contributed by atoms with E-state index in [0.29, 0.717) is 17.5 Å². The van der Waals surface area contributed by atoms with E-state index in [1.54, 1.807) is 11.3 Å². The molecule has 0 amide bonds. The Hall–Kier alpha value is -7.79. The van der Waals surface area contributed by atoms with Gasteiger partial charge in [0.05, 0.1) is 5.41 Å². The lowest BCUT2D eigenvalue weighted by Gasteiger charge is -2.32. The fraction of sp³-hybridized carbons (Fsp3) is 0.0172. The van der Waals surface area contributed by atoms with Gasteiger partial charge in [0.25, 0.3) is 0 Å². The van der Waals surface area contributed by atoms with Crippen molar-refractivity contribution in [1.82, 2.24) is 15.0 Å². The third-order valence-corrected chi connectivity index (χ3v) is 14.2. The lowest BCUT2D eigenvalue weighted by atomic mass is 9.68. The van der Waals surface area contributed by atoms with Gasteiger partial charge in [0.15, 0.2) is 17.5 Å². The Labute approximate surface area is 363 Å². The fourth-order valence-corrected chi connectivity index (χ4v) is 11.6. The summed E-state index contributed by atoms with van der Waals surface area (Å²) >= 11 is 1.79. The summed E-state index contributed by atoms with van der Waals surface area (Å²) in [7, 11) is 0. The number of thiophene rings is 1. The predicted octanol–water partition coefficient (Wildman–Crippen LogP) is 14.9. The molecule has 0 aliphatic heterocycles. The molecule has 0 saturated heterocycles. The molecular formula is C58H35N3S. The van der Waals surface area contributed by atoms with E-state index in [9.17, 15) is 0 Å². The highest BCUT2D eigenvalue weighted by atomic mass is 32.1. The summed E-state index contributed by atoms with van der Waals surface area (Å²) in [6, 6.07) is 76.9. The molecule has 11 aromatic rings. The van der Waals surface area contributed by atoms with E-state index in [1.807, 2.05) is 18.2 Å². The van der Waals surface area contributed by atoms with Gasteiger partial charge in [-0.15, -0.1) is 11.3 Å². The Bertz CT molecular complexity index is 3540. The van der Waals surface area contributed by atoms with Crippen LogP contribution in [0.5, 0.6) is 0 Å². The van der Waals surface area contributed by atoms with Crippen molar-refractivity contribution in [3.8, 4) is 78.7 Å². The number of benzene rings is 9. The molecule has 2 aliphatic carbocycles. The fourth-order valence-electron chi connectivity index (χ4n) is 10.4. The molecule has 2 heterocycles. The van der Waals surface area contributed by atoms with Crippen LogP contribution in [0.15, 0.2) is 212 Å². The molecule has 4 heteroatoms. The van der Waals surface area contributed by atoms with Crippen molar-refractivity contribution in [2.75, 3.05) is 0 Å². The SMILES string of the molecule is c1ccc(-c2nc(-c3cccc(-c4cccc(-c5cccc6c5C5(c7ccccc7-c7ccccc75)c5ccccc5-6)c4)c3)nc(-c3cccc4c3sc3ccccc34)n2)cc1. The van der Waals surface area contributed by atoms with Gasteiger partial charge in [-0.3, -0.25) is 0 Å². The Morgan fingerprint density at radius 2 is 0.758 bits per heavy atom. The van der Waals surface area contributed by atoms with Gasteiger partial charge in [-0.2, -0.15) is 0 Å². The summed E-state index contributed by atoms with van der Waals surface area (Å²) < 4.78 is 2.43. The van der Waals surface area contributed by atoms with Crippen LogP contribution < -0.4 is 0 Å². The van der Waals surface area contributed by atoms with Crippen molar-refractivity contribution in [3.63, 3.8) is 0 Å². The third-order valence-electron chi connectivity index (χ3n) is 13.0. The molecule has 2 aliphatic rings. The molecule has 0 atom stereocenters. The van der Waals surface area contributed by atoms with Gasteiger partial charge in [0.1, 0.15) is 0 Å². The van der Waals surface area contributed by atoms with Gasteiger partial charge in [-0.25, -0.2) is 15.0 Å². The Morgan fingerprint density at radius 1 is 0.306 bits per heavy atom. The summed E-state index contributed by atoms with van der Waals surface area (Å²) in [4.78, 5) is 15.5. The maximum absolute atomic E-state index is 5.24. The van der Waals surface area contributed by atoms with Crippen molar-refractivity contribution >= 4 is 31.5 Å². The van der Waals surface area contributed by atoms with E-state index >= 15 is 0 Å². The van der Waals surface area contributed by atoms with Gasteiger partial charge in [-0.1, -0.05) is 188 Å². The molecule has 0 bridgehead atoms. The monoisotopic (exact) mass is 805 g/mol. The van der Waals surface area contributed by atoms with E-state index in [4.69, 9.17) is 15.0 Å². The summed E-state index contributed by atoms with van der Waals surface area (Å²) in [5.41, 5.74) is 17.7. The van der Waals surface area contributed by atoms with Crippen LogP contribution in [0.25, 0.3) is 98.8 Å². The first-order valence-electron chi connectivity index (χ1n) is 21.1. The molecule has 13 rings (SSSR count). The first-order chi connectivity index (χ1) is 30.7. The van der Waals surface area contributed by atoms with E-state index in [0.717, 1.165) is 27.8 Å². The minimum Gasteiger partial charge on any atom is -0.208 e. The number of nitrogens with zero attached hydrogens (tertiary/aromatic N) is 3. The van der Waals surface area contributed by atoms with Gasteiger partial charge in [-0.05, 0) is 91.0 Å². The molecule has 0 radical (unpaired) electrons. The van der Waals surface area contributed by atoms with Crippen molar-refractivity contribution in [1.29, 1.82) is 0 Å². The molecule has 1 spiro atoms. The maximum Gasteiger partial charge on any atom is 0.165 e. The highest BCUT2D eigenvalue weighted by molar-refractivity contribution is 7.26. The molecule has 9 aromatic carbocycles.